The van der Waals surface area contributed by atoms with Gasteiger partial charge >= 0.3 is 5.97 Å². The maximum Gasteiger partial charge on any atom is 0.303 e. The number of aliphatic hydroxyl groups is 1. The maximum absolute atomic E-state index is 17.2. The van der Waals surface area contributed by atoms with Crippen molar-refractivity contribution >= 4 is 17.5 Å². The van der Waals surface area contributed by atoms with Gasteiger partial charge in [-0.2, -0.15) is 0 Å². The van der Waals surface area contributed by atoms with Gasteiger partial charge < -0.3 is 9.84 Å². The number of hydrogen-bond donors (Lipinski definition) is 1. The molecule has 4 aliphatic carbocycles. The second-order valence-corrected chi connectivity index (χ2v) is 11.1. The number of ether oxygens (including phenoxy) is 1. The molecule has 9 atom stereocenters. The fourth-order valence-electron chi connectivity index (χ4n) is 8.54. The molecule has 0 amide bonds. The molecule has 4 aliphatic rings. The first-order valence-corrected chi connectivity index (χ1v) is 11.4. The lowest BCUT2D eigenvalue weighted by Gasteiger charge is -2.66. The highest BCUT2D eigenvalue weighted by molar-refractivity contribution is 5.89. The molecule has 0 aromatic heterocycles. The van der Waals surface area contributed by atoms with Crippen LogP contribution in [0.25, 0.3) is 0 Å². The lowest BCUT2D eigenvalue weighted by atomic mass is 9.40. The Hall–Kier alpha value is -1.30. The van der Waals surface area contributed by atoms with E-state index in [2.05, 4.69) is 6.92 Å². The Balaban J connectivity index is 1.81. The molecule has 1 N–H and O–H groups in total. The second-order valence-electron chi connectivity index (χ2n) is 11.1. The van der Waals surface area contributed by atoms with Gasteiger partial charge in [0.25, 0.3) is 0 Å². The molecule has 6 heteroatoms. The smallest absolute Gasteiger partial charge is 0.303 e. The summed E-state index contributed by atoms with van der Waals surface area (Å²) in [6.07, 6.45) is 1.57. The lowest BCUT2D eigenvalue weighted by Crippen LogP contribution is -2.72. The quantitative estimate of drug-likeness (QED) is 0.685. The third kappa shape index (κ3) is 2.46. The molecule has 30 heavy (non-hydrogen) atoms. The van der Waals surface area contributed by atoms with Crippen LogP contribution < -0.4 is 0 Å². The van der Waals surface area contributed by atoms with Gasteiger partial charge in [0.2, 0.25) is 0 Å². The van der Waals surface area contributed by atoms with Crippen LogP contribution in [0.3, 0.4) is 0 Å². The van der Waals surface area contributed by atoms with Crippen LogP contribution >= 0.6 is 0 Å². The first-order chi connectivity index (χ1) is 13.8. The molecule has 4 fully saturated rings. The molecule has 0 heterocycles. The third-order valence-electron chi connectivity index (χ3n) is 9.94. The van der Waals surface area contributed by atoms with E-state index in [1.165, 1.54) is 13.8 Å². The van der Waals surface area contributed by atoms with E-state index >= 15 is 4.39 Å². The van der Waals surface area contributed by atoms with Crippen LogP contribution in [0.15, 0.2) is 0 Å². The van der Waals surface area contributed by atoms with Crippen molar-refractivity contribution in [3.05, 3.63) is 0 Å². The van der Waals surface area contributed by atoms with Crippen LogP contribution in [0.2, 0.25) is 0 Å². The van der Waals surface area contributed by atoms with Crippen molar-refractivity contribution in [1.82, 2.24) is 0 Å². The number of hydrogen-bond acceptors (Lipinski definition) is 5. The number of Topliss-reactive ketones (excluding diaryl/α,β-unsaturated/α-hetero) is 2. The summed E-state index contributed by atoms with van der Waals surface area (Å²) in [5.41, 5.74) is -4.70. The van der Waals surface area contributed by atoms with Gasteiger partial charge in [-0.05, 0) is 62.7 Å². The molecule has 4 rings (SSSR count). The SMILES string of the molecule is CC(=O)O[C@]1(C(C)=O)CC[C@H]2[C@@H]3C[C@H](C)[C@@H]4CC(=O)CC[C@]4(C)[C@@]3(F)[C@@H](O)C[C@@]21C. The highest BCUT2D eigenvalue weighted by Gasteiger charge is 2.76. The fourth-order valence-corrected chi connectivity index (χ4v) is 8.54. The van der Waals surface area contributed by atoms with Crippen LogP contribution in [-0.2, 0) is 19.1 Å². The summed E-state index contributed by atoms with van der Waals surface area (Å²) in [4.78, 5) is 36.9. The summed E-state index contributed by atoms with van der Waals surface area (Å²) < 4.78 is 22.9. The van der Waals surface area contributed by atoms with Gasteiger partial charge in [-0.3, -0.25) is 14.4 Å². The average molecular weight is 423 g/mol. The summed E-state index contributed by atoms with van der Waals surface area (Å²) >= 11 is 0. The van der Waals surface area contributed by atoms with Crippen LogP contribution in [0.1, 0.15) is 79.6 Å². The minimum absolute atomic E-state index is 0.0774. The van der Waals surface area contributed by atoms with E-state index in [1.54, 1.807) is 0 Å². The van der Waals surface area contributed by atoms with Crippen molar-refractivity contribution in [1.29, 1.82) is 0 Å². The largest absolute Gasteiger partial charge is 0.451 e. The van der Waals surface area contributed by atoms with Crippen molar-refractivity contribution in [3.63, 3.8) is 0 Å². The number of fused-ring (bicyclic) bond motifs is 5. The number of ketones is 2. The molecule has 168 valence electrons. The van der Waals surface area contributed by atoms with E-state index in [0.29, 0.717) is 38.5 Å². The van der Waals surface area contributed by atoms with E-state index < -0.39 is 40.1 Å². The highest BCUT2D eigenvalue weighted by Crippen LogP contribution is 2.72. The zero-order valence-electron chi connectivity index (χ0n) is 18.8. The van der Waals surface area contributed by atoms with Crippen molar-refractivity contribution in [2.24, 2.45) is 34.5 Å². The average Bonchev–Trinajstić information content (AvgIpc) is 2.92. The Morgan fingerprint density at radius 3 is 2.37 bits per heavy atom. The third-order valence-corrected chi connectivity index (χ3v) is 9.94. The van der Waals surface area contributed by atoms with Crippen LogP contribution in [0, 0.1) is 34.5 Å². The van der Waals surface area contributed by atoms with Gasteiger partial charge in [-0.25, -0.2) is 4.39 Å². The predicted molar refractivity (Wildman–Crippen MR) is 108 cm³/mol. The molecular formula is C24H35FO5. The fraction of sp³-hybridized carbons (Fsp3) is 0.875. The number of carbonyl (C=O) groups is 3. The van der Waals surface area contributed by atoms with Crippen LogP contribution in [0.4, 0.5) is 4.39 Å². The number of aliphatic hydroxyl groups excluding tert-OH is 1. The lowest BCUT2D eigenvalue weighted by molar-refractivity contribution is -0.264. The van der Waals surface area contributed by atoms with Gasteiger partial charge in [0.1, 0.15) is 11.5 Å². The Kier molecular flexibility index (Phi) is 4.82. The molecule has 0 spiro atoms. The number of halogens is 1. The highest BCUT2D eigenvalue weighted by atomic mass is 19.1. The van der Waals surface area contributed by atoms with E-state index in [4.69, 9.17) is 4.74 Å². The van der Waals surface area contributed by atoms with Crippen molar-refractivity contribution in [2.75, 3.05) is 0 Å². The van der Waals surface area contributed by atoms with Crippen LogP contribution in [0.5, 0.6) is 0 Å². The molecule has 5 nitrogen and oxygen atoms in total. The first-order valence-electron chi connectivity index (χ1n) is 11.4. The summed E-state index contributed by atoms with van der Waals surface area (Å²) in [6.45, 7) is 8.67. The number of rotatable bonds is 2. The summed E-state index contributed by atoms with van der Waals surface area (Å²) in [5, 5.41) is 11.4. The monoisotopic (exact) mass is 422 g/mol. The molecule has 4 saturated carbocycles. The van der Waals surface area contributed by atoms with Crippen LogP contribution in [-0.4, -0.2) is 40.0 Å². The van der Waals surface area contributed by atoms with E-state index in [0.717, 1.165) is 0 Å². The Bertz CT molecular complexity index is 796. The minimum Gasteiger partial charge on any atom is -0.451 e. The van der Waals surface area contributed by atoms with Crippen molar-refractivity contribution < 1.29 is 28.6 Å². The topological polar surface area (TPSA) is 80.7 Å². The minimum atomic E-state index is -1.81. The standard InChI is InChI=1S/C24H35FO5/c1-13-10-19-17-7-9-23(14(2)26,30-15(3)27)22(17,5)12-20(29)24(19,25)21(4)8-6-16(28)11-18(13)21/h13,17-20,29H,6-12H2,1-5H3/t13-,17-,18-,19-,20-,21-,22-,23-,24-/m0/s1. The van der Waals surface area contributed by atoms with Gasteiger partial charge in [0.15, 0.2) is 11.4 Å². The summed E-state index contributed by atoms with van der Waals surface area (Å²) in [7, 11) is 0. The first kappa shape index (κ1) is 21.9. The number of alkyl halides is 1. The maximum atomic E-state index is 17.2. The molecule has 0 aliphatic heterocycles. The van der Waals surface area contributed by atoms with E-state index in [-0.39, 0.29) is 35.7 Å². The summed E-state index contributed by atoms with van der Waals surface area (Å²) in [5.74, 6) is -1.06. The normalized spacial score (nSPS) is 52.8. The molecule has 0 bridgehead atoms. The molecule has 0 radical (unpaired) electrons. The Labute approximate surface area is 178 Å². The number of carbonyl (C=O) groups excluding carboxylic acids is 3. The molecule has 0 saturated heterocycles. The summed E-state index contributed by atoms with van der Waals surface area (Å²) in [6, 6.07) is 0. The zero-order chi connectivity index (χ0) is 22.3. The molecule has 0 unspecified atom stereocenters. The van der Waals surface area contributed by atoms with Crippen molar-refractivity contribution in [2.45, 2.75) is 96.9 Å². The van der Waals surface area contributed by atoms with Crippen molar-refractivity contribution in [3.8, 4) is 0 Å². The van der Waals surface area contributed by atoms with E-state index in [9.17, 15) is 19.5 Å². The number of esters is 1. The molecular weight excluding hydrogens is 387 g/mol. The Morgan fingerprint density at radius 1 is 1.10 bits per heavy atom. The van der Waals surface area contributed by atoms with E-state index in [1.807, 2.05) is 13.8 Å². The molecule has 0 aromatic carbocycles. The predicted octanol–water partition coefficient (Wildman–Crippen LogP) is 3.80. The van der Waals surface area contributed by atoms with Gasteiger partial charge in [0.05, 0.1) is 6.10 Å². The van der Waals surface area contributed by atoms with Gasteiger partial charge in [0, 0.05) is 30.6 Å². The Morgan fingerprint density at radius 2 is 1.77 bits per heavy atom. The van der Waals surface area contributed by atoms with Gasteiger partial charge in [-0.1, -0.05) is 20.8 Å². The molecule has 0 aromatic rings. The van der Waals surface area contributed by atoms with Gasteiger partial charge in [-0.15, -0.1) is 0 Å². The second kappa shape index (κ2) is 6.60. The zero-order valence-corrected chi connectivity index (χ0v) is 18.8.